The number of hydrogen-bond acceptors (Lipinski definition) is 0. The summed E-state index contributed by atoms with van der Waals surface area (Å²) in [6, 6.07) is 0. The van der Waals surface area contributed by atoms with E-state index >= 15 is 0 Å². The molecule has 0 N–H and O–H groups in total. The molecule has 40 valence electrons. The summed E-state index contributed by atoms with van der Waals surface area (Å²) < 4.78 is 0. The molecule has 0 rings (SSSR count). The molecule has 0 radical (unpaired) electrons. The summed E-state index contributed by atoms with van der Waals surface area (Å²) >= 11 is -0.826. The Labute approximate surface area is 90.1 Å². The molecule has 0 aromatic rings. The van der Waals surface area contributed by atoms with Crippen molar-refractivity contribution in [3.8, 4) is 0 Å². The van der Waals surface area contributed by atoms with Crippen molar-refractivity contribution in [1.82, 2.24) is 0 Å². The number of halogens is 2. The molecule has 0 aliphatic heterocycles. The molecular formula is H12B3Cl2NaSn. The quantitative estimate of drug-likeness (QED) is 0.379. The van der Waals surface area contributed by atoms with E-state index < -0.39 is 18.9 Å². The van der Waals surface area contributed by atoms with E-state index in [4.69, 9.17) is 17.8 Å². The minimum absolute atomic E-state index is 0. The van der Waals surface area contributed by atoms with E-state index in [1.807, 2.05) is 0 Å². The number of hydrogen-bond donors (Lipinski definition) is 0. The fourth-order valence-corrected chi connectivity index (χ4v) is 0. The Morgan fingerprint density at radius 1 is 0.857 bits per heavy atom. The monoisotopic (exact) mass is 258 g/mol. The van der Waals surface area contributed by atoms with Crippen LogP contribution in [0.5, 0.6) is 0 Å². The molecule has 0 saturated heterocycles. The molecule has 0 aliphatic rings. The average molecular weight is 257 g/mol. The van der Waals surface area contributed by atoms with Crippen molar-refractivity contribution in [2.24, 2.45) is 0 Å². The van der Waals surface area contributed by atoms with E-state index in [9.17, 15) is 0 Å². The van der Waals surface area contributed by atoms with Crippen LogP contribution in [0.4, 0.5) is 0 Å². The van der Waals surface area contributed by atoms with Crippen LogP contribution in [0.3, 0.4) is 0 Å². The molecule has 7 heavy (non-hydrogen) atoms. The predicted octanol–water partition coefficient (Wildman–Crippen LogP) is -6.35. The van der Waals surface area contributed by atoms with Gasteiger partial charge in [0.15, 0.2) is 0 Å². The molecule has 0 aromatic heterocycles. The normalized spacial score (nSPS) is 1.43. The summed E-state index contributed by atoms with van der Waals surface area (Å²) in [6.45, 7) is 0. The van der Waals surface area contributed by atoms with Gasteiger partial charge in [-0.25, -0.2) is 0 Å². The largest absolute Gasteiger partial charge is 1.00 e. The second-order valence-corrected chi connectivity index (χ2v) is 4.31. The van der Waals surface area contributed by atoms with E-state index in [-0.39, 0.29) is 54.8 Å². The zero-order chi connectivity index (χ0) is 2.71. The van der Waals surface area contributed by atoms with Gasteiger partial charge in [-0.05, 0) is 0 Å². The van der Waals surface area contributed by atoms with Crippen molar-refractivity contribution in [3.05, 3.63) is 0 Å². The Morgan fingerprint density at radius 2 is 0.857 bits per heavy atom. The van der Waals surface area contributed by atoms with Gasteiger partial charge in [0, 0.05) is 0 Å². The number of rotatable bonds is 0. The SMILES string of the molecule is [BH4-].[BH4-].[BH4-].[Cl][Sn+2][Cl].[Na+]. The third-order valence-corrected chi connectivity index (χ3v) is 0. The van der Waals surface area contributed by atoms with Crippen LogP contribution in [0.25, 0.3) is 0 Å². The minimum Gasteiger partial charge on any atom is 1.00 e. The topological polar surface area (TPSA) is 0 Å². The maximum atomic E-state index is 4.93. The van der Waals surface area contributed by atoms with Crippen LogP contribution in [0.15, 0.2) is 0 Å². The first kappa shape index (κ1) is 33.6. The van der Waals surface area contributed by atoms with Crippen LogP contribution in [0, 0.1) is 0 Å². The Bertz CT molecular complexity index is 12.9. The molecular weight excluding hydrogens is 245 g/mol. The second-order valence-electron chi connectivity index (χ2n) is 0.0714. The van der Waals surface area contributed by atoms with Crippen LogP contribution in [-0.2, 0) is 0 Å². The molecule has 0 heterocycles. The molecule has 0 aliphatic carbocycles. The van der Waals surface area contributed by atoms with Crippen molar-refractivity contribution in [1.29, 1.82) is 0 Å². The zero-order valence-corrected chi connectivity index (χ0v) is 8.62. The average Bonchev–Trinajstić information content (AvgIpc) is 0.918. The zero-order valence-electron chi connectivity index (χ0n) is 2.26. The van der Waals surface area contributed by atoms with Crippen LogP contribution >= 0.6 is 17.8 Å². The first-order chi connectivity index (χ1) is 1.41. The standard InChI is InChI=1S/3BH4.2ClH.Na.Sn/h3*1H4;2*1H;;/q3*-1;;;+1;+4/p-2. The van der Waals surface area contributed by atoms with Crippen molar-refractivity contribution < 1.29 is 29.6 Å². The molecule has 7 heteroatoms. The van der Waals surface area contributed by atoms with Gasteiger partial charge in [-0.15, -0.1) is 0 Å². The molecule has 0 saturated carbocycles. The minimum atomic E-state index is -0.826. The summed E-state index contributed by atoms with van der Waals surface area (Å²) in [5.41, 5.74) is 0. The first-order valence-corrected chi connectivity index (χ1v) is 7.61. The van der Waals surface area contributed by atoms with Crippen molar-refractivity contribution in [3.63, 3.8) is 0 Å². The summed E-state index contributed by atoms with van der Waals surface area (Å²) in [7, 11) is 9.87. The van der Waals surface area contributed by atoms with Crippen LogP contribution in [0.1, 0.15) is 0 Å². The fourth-order valence-electron chi connectivity index (χ4n) is 0. The van der Waals surface area contributed by atoms with Gasteiger partial charge in [0.05, 0.1) is 0 Å². The van der Waals surface area contributed by atoms with Gasteiger partial charge < -0.3 is 0 Å². The summed E-state index contributed by atoms with van der Waals surface area (Å²) in [5.74, 6) is 0. The van der Waals surface area contributed by atoms with Gasteiger partial charge >= 0.3 is 66.3 Å². The van der Waals surface area contributed by atoms with Crippen LogP contribution in [-0.4, -0.2) is 44.1 Å². The predicted molar refractivity (Wildman–Crippen MR) is 51.5 cm³/mol. The molecule has 0 unspecified atom stereocenters. The second kappa shape index (κ2) is 38.5. The Kier molecular flexibility index (Phi) is 185. The third-order valence-electron chi connectivity index (χ3n) is 0. The fraction of sp³-hybridized carbons (Fsp3) is 0. The molecule has 0 atom stereocenters. The maximum Gasteiger partial charge on any atom is 1.00 e. The Balaban J connectivity index is -0.00000000333. The maximum absolute atomic E-state index is 4.93. The molecule has 0 bridgehead atoms. The van der Waals surface area contributed by atoms with Gasteiger partial charge in [-0.2, -0.15) is 0 Å². The molecule has 0 aromatic carbocycles. The first-order valence-electron chi connectivity index (χ1n) is 0.378. The molecule has 0 amide bonds. The van der Waals surface area contributed by atoms with Gasteiger partial charge in [-0.3, -0.25) is 0 Å². The van der Waals surface area contributed by atoms with Crippen molar-refractivity contribution in [2.45, 2.75) is 0 Å². The Morgan fingerprint density at radius 3 is 0.857 bits per heavy atom. The van der Waals surface area contributed by atoms with Crippen LogP contribution < -0.4 is 29.6 Å². The van der Waals surface area contributed by atoms with Crippen molar-refractivity contribution in [2.75, 3.05) is 0 Å². The molecule has 0 fully saturated rings. The third kappa shape index (κ3) is 55.9. The van der Waals surface area contributed by atoms with Gasteiger partial charge in [0.25, 0.3) is 0 Å². The summed E-state index contributed by atoms with van der Waals surface area (Å²) in [5, 5.41) is 0. The van der Waals surface area contributed by atoms with E-state index in [0.29, 0.717) is 0 Å². The van der Waals surface area contributed by atoms with E-state index in [1.165, 1.54) is 0 Å². The van der Waals surface area contributed by atoms with E-state index in [2.05, 4.69) is 0 Å². The molecule has 0 nitrogen and oxygen atoms in total. The molecule has 0 spiro atoms. The van der Waals surface area contributed by atoms with Gasteiger partial charge in [0.2, 0.25) is 0 Å². The Hall–Kier alpha value is 2.57. The van der Waals surface area contributed by atoms with Crippen LogP contribution in [0.2, 0.25) is 0 Å². The smallest absolute Gasteiger partial charge is 1.00 e. The van der Waals surface area contributed by atoms with E-state index in [1.54, 1.807) is 0 Å². The van der Waals surface area contributed by atoms with Gasteiger partial charge in [0.1, 0.15) is 0 Å². The van der Waals surface area contributed by atoms with Crippen molar-refractivity contribution >= 4 is 62.0 Å². The van der Waals surface area contributed by atoms with E-state index in [0.717, 1.165) is 0 Å². The summed E-state index contributed by atoms with van der Waals surface area (Å²) in [4.78, 5) is 0. The summed E-state index contributed by atoms with van der Waals surface area (Å²) in [6.07, 6.45) is 0. The van der Waals surface area contributed by atoms with Gasteiger partial charge in [-0.1, -0.05) is 25.2 Å².